The Hall–Kier alpha value is -2.20. The summed E-state index contributed by atoms with van der Waals surface area (Å²) in [5, 5.41) is 0. The Morgan fingerprint density at radius 2 is 1.00 bits per heavy atom. The van der Waals surface area contributed by atoms with Crippen molar-refractivity contribution in [2.75, 3.05) is 39.5 Å². The Morgan fingerprint density at radius 3 is 1.23 bits per heavy atom. The van der Waals surface area contributed by atoms with Crippen molar-refractivity contribution >= 4 is 24.0 Å². The Bertz CT molecular complexity index is 597. The van der Waals surface area contributed by atoms with Gasteiger partial charge in [0.05, 0.1) is 13.3 Å². The summed E-state index contributed by atoms with van der Waals surface area (Å²) in [6, 6.07) is 0. The number of ether oxygens (including phenoxy) is 2. The molecule has 3 aliphatic heterocycles. The van der Waals surface area contributed by atoms with Gasteiger partial charge in [-0.1, -0.05) is 0 Å². The molecule has 10 heteroatoms. The maximum absolute atomic E-state index is 12.2. The molecule has 0 aromatic heterocycles. The Labute approximate surface area is 151 Å². The summed E-state index contributed by atoms with van der Waals surface area (Å²) in [6.45, 7) is 9.00. The fourth-order valence-electron chi connectivity index (χ4n) is 3.17. The van der Waals surface area contributed by atoms with E-state index in [0.717, 1.165) is 9.80 Å². The van der Waals surface area contributed by atoms with Crippen molar-refractivity contribution in [3.05, 3.63) is 0 Å². The molecule has 0 radical (unpaired) electrons. The van der Waals surface area contributed by atoms with Crippen LogP contribution in [0.3, 0.4) is 0 Å². The third kappa shape index (κ3) is 3.26. The minimum atomic E-state index is -1.12. The number of cyclic esters (lactones) is 2. The van der Waals surface area contributed by atoms with Gasteiger partial charge in [0.1, 0.15) is 0 Å². The van der Waals surface area contributed by atoms with Gasteiger partial charge in [-0.2, -0.15) is 0 Å². The summed E-state index contributed by atoms with van der Waals surface area (Å²) in [4.78, 5) is 54.2. The second kappa shape index (κ2) is 6.20. The number of nitrogens with zero attached hydrogens (tertiary/aromatic N) is 4. The lowest BCUT2D eigenvalue weighted by Gasteiger charge is -2.36. The molecular formula is C16H24N4O6. The molecule has 4 amide bonds. The first kappa shape index (κ1) is 18.6. The van der Waals surface area contributed by atoms with E-state index in [-0.39, 0.29) is 25.2 Å². The molecule has 0 atom stereocenters. The minimum Gasteiger partial charge on any atom is -0.433 e. The average Bonchev–Trinajstić information content (AvgIpc) is 2.86. The van der Waals surface area contributed by atoms with E-state index in [1.54, 1.807) is 27.7 Å². The zero-order valence-corrected chi connectivity index (χ0v) is 15.5. The van der Waals surface area contributed by atoms with Crippen molar-refractivity contribution in [3.8, 4) is 0 Å². The van der Waals surface area contributed by atoms with E-state index in [0.29, 0.717) is 26.2 Å². The molecule has 0 unspecified atom stereocenters. The predicted octanol–water partition coefficient (Wildman–Crippen LogP) is 0.0338. The van der Waals surface area contributed by atoms with Crippen molar-refractivity contribution in [1.29, 1.82) is 0 Å². The van der Waals surface area contributed by atoms with Gasteiger partial charge in [-0.15, -0.1) is 0 Å². The summed E-state index contributed by atoms with van der Waals surface area (Å²) in [5.74, 6) is -0.699. The Kier molecular flexibility index (Phi) is 4.43. The predicted molar refractivity (Wildman–Crippen MR) is 87.7 cm³/mol. The second-order valence-corrected chi connectivity index (χ2v) is 7.74. The zero-order valence-electron chi connectivity index (χ0n) is 15.5. The molecule has 0 spiro atoms. The van der Waals surface area contributed by atoms with Crippen LogP contribution < -0.4 is 0 Å². The first-order valence-electron chi connectivity index (χ1n) is 8.56. The molecule has 0 aromatic carbocycles. The minimum absolute atomic E-state index is 0.173. The number of hydrogen-bond acceptors (Lipinski definition) is 8. The number of amides is 4. The summed E-state index contributed by atoms with van der Waals surface area (Å²) < 4.78 is 10.1. The third-order valence-electron chi connectivity index (χ3n) is 4.79. The number of hydrogen-bond donors (Lipinski definition) is 0. The van der Waals surface area contributed by atoms with Crippen LogP contribution in [0.15, 0.2) is 0 Å². The van der Waals surface area contributed by atoms with Crippen LogP contribution in [0.25, 0.3) is 0 Å². The molecule has 3 heterocycles. The lowest BCUT2D eigenvalue weighted by molar-refractivity contribution is -0.137. The Balaban J connectivity index is 1.51. The lowest BCUT2D eigenvalue weighted by atomic mass is 10.1. The van der Waals surface area contributed by atoms with Gasteiger partial charge in [0, 0.05) is 26.2 Å². The van der Waals surface area contributed by atoms with Crippen molar-refractivity contribution in [2.45, 2.75) is 38.9 Å². The molecule has 0 saturated carbocycles. The van der Waals surface area contributed by atoms with E-state index in [9.17, 15) is 19.2 Å². The van der Waals surface area contributed by atoms with Gasteiger partial charge in [0.25, 0.3) is 11.8 Å². The van der Waals surface area contributed by atoms with Crippen molar-refractivity contribution in [2.24, 2.45) is 0 Å². The molecule has 144 valence electrons. The van der Waals surface area contributed by atoms with Crippen LogP contribution in [0.2, 0.25) is 0 Å². The van der Waals surface area contributed by atoms with E-state index in [1.807, 2.05) is 9.80 Å². The van der Waals surface area contributed by atoms with E-state index in [4.69, 9.17) is 9.47 Å². The summed E-state index contributed by atoms with van der Waals surface area (Å²) in [7, 11) is 0. The second-order valence-electron chi connectivity index (χ2n) is 7.74. The fourth-order valence-corrected chi connectivity index (χ4v) is 3.17. The monoisotopic (exact) mass is 368 g/mol. The van der Waals surface area contributed by atoms with Crippen LogP contribution in [-0.4, -0.2) is 94.3 Å². The van der Waals surface area contributed by atoms with E-state index in [2.05, 4.69) is 0 Å². The molecule has 0 aromatic rings. The molecule has 26 heavy (non-hydrogen) atoms. The lowest BCUT2D eigenvalue weighted by Crippen LogP contribution is -2.54. The van der Waals surface area contributed by atoms with Gasteiger partial charge < -0.3 is 9.47 Å². The molecule has 3 saturated heterocycles. The van der Waals surface area contributed by atoms with Crippen molar-refractivity contribution in [3.63, 3.8) is 0 Å². The van der Waals surface area contributed by atoms with Crippen LogP contribution in [0.4, 0.5) is 9.59 Å². The highest BCUT2D eigenvalue weighted by Gasteiger charge is 2.49. The van der Waals surface area contributed by atoms with Crippen LogP contribution in [0, 0.1) is 0 Å². The van der Waals surface area contributed by atoms with Gasteiger partial charge >= 0.3 is 12.2 Å². The van der Waals surface area contributed by atoms with Crippen LogP contribution in [-0.2, 0) is 19.1 Å². The number of carbonyl (C=O) groups excluding carboxylic acids is 4. The molecule has 3 fully saturated rings. The number of carbonyl (C=O) groups is 4. The first-order valence-corrected chi connectivity index (χ1v) is 8.56. The summed E-state index contributed by atoms with van der Waals surface area (Å²) in [6.07, 6.45) is -1.26. The highest BCUT2D eigenvalue weighted by atomic mass is 16.6. The summed E-state index contributed by atoms with van der Waals surface area (Å²) in [5.41, 5.74) is -2.25. The maximum Gasteiger partial charge on any atom is 0.418 e. The zero-order chi connectivity index (χ0) is 19.3. The molecule has 3 aliphatic rings. The van der Waals surface area contributed by atoms with Gasteiger partial charge in [-0.3, -0.25) is 19.4 Å². The van der Waals surface area contributed by atoms with Crippen LogP contribution >= 0.6 is 0 Å². The molecule has 0 bridgehead atoms. The van der Waals surface area contributed by atoms with Gasteiger partial charge in [0.15, 0.2) is 11.2 Å². The number of piperazine rings is 1. The standard InChI is InChI=1S/C16H24N4O6/c1-15(2)11(21)19(13(23)25-15)9-17-5-7-18(8-6-17)10-20-12(22)16(3,4)26-14(20)24/h5-10H2,1-4H3. The first-order chi connectivity index (χ1) is 12.0. The van der Waals surface area contributed by atoms with Gasteiger partial charge in [-0.25, -0.2) is 19.4 Å². The van der Waals surface area contributed by atoms with Crippen LogP contribution in [0.5, 0.6) is 0 Å². The normalized spacial score (nSPS) is 26.5. The van der Waals surface area contributed by atoms with E-state index < -0.39 is 23.4 Å². The Morgan fingerprint density at radius 1 is 0.692 bits per heavy atom. The fraction of sp³-hybridized carbons (Fsp3) is 0.750. The SMILES string of the molecule is CC1(C)OC(=O)N(CN2CCN(CN3C(=O)OC(C)(C)C3=O)CC2)C1=O. The molecular weight excluding hydrogens is 344 g/mol. The largest absolute Gasteiger partial charge is 0.433 e. The maximum atomic E-state index is 12.2. The quantitative estimate of drug-likeness (QED) is 0.685. The van der Waals surface area contributed by atoms with Crippen LogP contribution in [0.1, 0.15) is 27.7 Å². The molecule has 10 nitrogen and oxygen atoms in total. The number of rotatable bonds is 4. The van der Waals surface area contributed by atoms with Crippen molar-refractivity contribution in [1.82, 2.24) is 19.6 Å². The smallest absolute Gasteiger partial charge is 0.418 e. The highest BCUT2D eigenvalue weighted by molar-refractivity contribution is 6.02. The third-order valence-corrected chi connectivity index (χ3v) is 4.79. The van der Waals surface area contributed by atoms with Gasteiger partial charge in [0.2, 0.25) is 0 Å². The molecule has 3 rings (SSSR count). The van der Waals surface area contributed by atoms with Gasteiger partial charge in [-0.05, 0) is 27.7 Å². The molecule has 0 N–H and O–H groups in total. The highest BCUT2D eigenvalue weighted by Crippen LogP contribution is 2.25. The summed E-state index contributed by atoms with van der Waals surface area (Å²) >= 11 is 0. The topological polar surface area (TPSA) is 99.7 Å². The van der Waals surface area contributed by atoms with E-state index >= 15 is 0 Å². The van der Waals surface area contributed by atoms with E-state index in [1.165, 1.54) is 0 Å². The number of imide groups is 2. The average molecular weight is 368 g/mol. The van der Waals surface area contributed by atoms with Crippen molar-refractivity contribution < 1.29 is 28.7 Å². The molecule has 0 aliphatic carbocycles.